The van der Waals surface area contributed by atoms with Crippen molar-refractivity contribution in [3.63, 3.8) is 0 Å². The second kappa shape index (κ2) is 61.1. The smallest absolute Gasteiger partial charge is 0.305 e. The molecule has 2 unspecified atom stereocenters. The number of unbranched alkanes of at least 4 members (excludes halogenated alkanes) is 48. The summed E-state index contributed by atoms with van der Waals surface area (Å²) in [7, 11) is 0. The summed E-state index contributed by atoms with van der Waals surface area (Å²) in [4.78, 5) is 24.6. The van der Waals surface area contributed by atoms with Crippen LogP contribution >= 0.6 is 0 Å². The highest BCUT2D eigenvalue weighted by molar-refractivity contribution is 5.76. The molecule has 0 saturated heterocycles. The van der Waals surface area contributed by atoms with Crippen molar-refractivity contribution >= 4 is 11.9 Å². The van der Waals surface area contributed by atoms with E-state index in [1.165, 1.54) is 289 Å². The number of amides is 1. The zero-order valence-corrected chi connectivity index (χ0v) is 48.2. The molecule has 0 fully saturated rings. The summed E-state index contributed by atoms with van der Waals surface area (Å²) in [5.41, 5.74) is 0. The minimum absolute atomic E-state index is 0.00832. The lowest BCUT2D eigenvalue weighted by Crippen LogP contribution is -2.45. The number of carbonyl (C=O) groups excluding carboxylic acids is 2. The lowest BCUT2D eigenvalue weighted by molar-refractivity contribution is -0.143. The number of nitrogens with one attached hydrogen (secondary N) is 1. The summed E-state index contributed by atoms with van der Waals surface area (Å²) in [6, 6.07) is -0.540. The lowest BCUT2D eigenvalue weighted by atomic mass is 10.0. The molecule has 0 aliphatic heterocycles. The average molecular weight is 1000 g/mol. The number of aliphatic hydroxyl groups is 2. The Labute approximate surface area is 444 Å². The molecule has 0 aromatic carbocycles. The van der Waals surface area contributed by atoms with Crippen molar-refractivity contribution in [1.29, 1.82) is 0 Å². The molecule has 0 saturated carbocycles. The van der Waals surface area contributed by atoms with Crippen molar-refractivity contribution in [3.8, 4) is 0 Å². The van der Waals surface area contributed by atoms with E-state index in [0.717, 1.165) is 44.9 Å². The predicted octanol–water partition coefficient (Wildman–Crippen LogP) is 20.4. The van der Waals surface area contributed by atoms with Gasteiger partial charge in [-0.05, 0) is 51.4 Å². The highest BCUT2D eigenvalue weighted by Crippen LogP contribution is 2.18. The maximum absolute atomic E-state index is 12.5. The summed E-state index contributed by atoms with van der Waals surface area (Å²) in [6.07, 6.45) is 73.7. The molecule has 3 N–H and O–H groups in total. The third-order valence-electron chi connectivity index (χ3n) is 15.3. The van der Waals surface area contributed by atoms with Crippen molar-refractivity contribution in [2.24, 2.45) is 0 Å². The van der Waals surface area contributed by atoms with E-state index in [-0.39, 0.29) is 18.5 Å². The van der Waals surface area contributed by atoms with Crippen LogP contribution in [-0.4, -0.2) is 47.4 Å². The minimum Gasteiger partial charge on any atom is -0.466 e. The Morgan fingerprint density at radius 2 is 0.662 bits per heavy atom. The van der Waals surface area contributed by atoms with E-state index in [1.54, 1.807) is 0 Å². The summed E-state index contributed by atoms with van der Waals surface area (Å²) in [5.74, 6) is -0.0228. The van der Waals surface area contributed by atoms with E-state index in [4.69, 9.17) is 4.74 Å². The van der Waals surface area contributed by atoms with Crippen molar-refractivity contribution < 1.29 is 24.5 Å². The number of ether oxygens (including phenoxy) is 1. The summed E-state index contributed by atoms with van der Waals surface area (Å²) in [6.45, 7) is 4.97. The van der Waals surface area contributed by atoms with Crippen molar-refractivity contribution in [3.05, 3.63) is 12.2 Å². The summed E-state index contributed by atoms with van der Waals surface area (Å²) < 4.78 is 5.49. The van der Waals surface area contributed by atoms with Crippen molar-refractivity contribution in [1.82, 2.24) is 5.32 Å². The molecule has 0 aliphatic rings. The average Bonchev–Trinajstić information content (AvgIpc) is 3.37. The highest BCUT2D eigenvalue weighted by Gasteiger charge is 2.20. The first-order valence-electron chi connectivity index (χ1n) is 32.4. The van der Waals surface area contributed by atoms with Crippen LogP contribution in [0, 0.1) is 0 Å². The van der Waals surface area contributed by atoms with E-state index < -0.39 is 12.1 Å². The van der Waals surface area contributed by atoms with Crippen LogP contribution in [0.2, 0.25) is 0 Å². The molecule has 0 radical (unpaired) electrons. The monoisotopic (exact) mass is 1000 g/mol. The van der Waals surface area contributed by atoms with Crippen molar-refractivity contribution in [2.45, 2.75) is 379 Å². The van der Waals surface area contributed by atoms with Crippen LogP contribution in [0.15, 0.2) is 12.2 Å². The molecular formula is C65H127NO5. The molecule has 0 aromatic rings. The Bertz CT molecular complexity index is 1060. The predicted molar refractivity (Wildman–Crippen MR) is 310 cm³/mol. The Morgan fingerprint density at radius 3 is 1.00 bits per heavy atom. The van der Waals surface area contributed by atoms with Crippen molar-refractivity contribution in [2.75, 3.05) is 13.2 Å². The quantitative estimate of drug-likeness (QED) is 0.0320. The molecule has 0 aromatic heterocycles. The number of rotatable bonds is 61. The second-order valence-electron chi connectivity index (χ2n) is 22.5. The van der Waals surface area contributed by atoms with Gasteiger partial charge in [0.05, 0.1) is 25.4 Å². The van der Waals surface area contributed by atoms with Gasteiger partial charge < -0.3 is 20.3 Å². The standard InChI is InChI=1S/C65H127NO5/c1-3-5-7-9-11-13-15-17-29-33-37-41-45-49-53-57-63(68)62(61-67)66-64(69)58-54-50-46-42-38-34-31-27-25-23-21-19-20-22-24-26-28-32-36-40-44-48-52-56-60-71-65(70)59-55-51-47-43-39-35-30-18-16-14-12-10-8-6-4-2/h18,30,62-63,67-68H,3-17,19-29,31-61H2,1-2H3,(H,66,69)/b30-18-. The molecule has 0 spiro atoms. The van der Waals surface area contributed by atoms with Gasteiger partial charge in [-0.2, -0.15) is 0 Å². The molecule has 71 heavy (non-hydrogen) atoms. The van der Waals surface area contributed by atoms with Gasteiger partial charge in [0.1, 0.15) is 0 Å². The molecule has 422 valence electrons. The topological polar surface area (TPSA) is 95.9 Å². The van der Waals surface area contributed by atoms with E-state index >= 15 is 0 Å². The zero-order chi connectivity index (χ0) is 51.4. The number of hydrogen-bond donors (Lipinski definition) is 3. The molecule has 0 heterocycles. The first-order valence-corrected chi connectivity index (χ1v) is 32.4. The van der Waals surface area contributed by atoms with Gasteiger partial charge in [-0.15, -0.1) is 0 Å². The van der Waals surface area contributed by atoms with E-state index in [1.807, 2.05) is 0 Å². The maximum atomic E-state index is 12.5. The Hall–Kier alpha value is -1.40. The Balaban J connectivity index is 3.35. The van der Waals surface area contributed by atoms with Crippen LogP contribution in [0.1, 0.15) is 367 Å². The molecule has 6 nitrogen and oxygen atoms in total. The summed E-state index contributed by atoms with van der Waals surface area (Å²) >= 11 is 0. The molecule has 0 rings (SSSR count). The van der Waals surface area contributed by atoms with Gasteiger partial charge in [0.15, 0.2) is 0 Å². The first-order chi connectivity index (χ1) is 35.0. The fourth-order valence-electron chi connectivity index (χ4n) is 10.3. The normalized spacial score (nSPS) is 12.6. The van der Waals surface area contributed by atoms with Gasteiger partial charge in [-0.3, -0.25) is 9.59 Å². The number of esters is 1. The number of carbonyl (C=O) groups is 2. The van der Waals surface area contributed by atoms with Crippen LogP contribution in [0.4, 0.5) is 0 Å². The van der Waals surface area contributed by atoms with Crippen LogP contribution in [-0.2, 0) is 14.3 Å². The lowest BCUT2D eigenvalue weighted by Gasteiger charge is -2.22. The first kappa shape index (κ1) is 69.6. The van der Waals surface area contributed by atoms with Gasteiger partial charge >= 0.3 is 5.97 Å². The minimum atomic E-state index is -0.662. The Morgan fingerprint density at radius 1 is 0.380 bits per heavy atom. The molecular weight excluding hydrogens is 875 g/mol. The van der Waals surface area contributed by atoms with Crippen LogP contribution in [0.5, 0.6) is 0 Å². The second-order valence-corrected chi connectivity index (χ2v) is 22.5. The maximum Gasteiger partial charge on any atom is 0.305 e. The third-order valence-corrected chi connectivity index (χ3v) is 15.3. The highest BCUT2D eigenvalue weighted by atomic mass is 16.5. The third kappa shape index (κ3) is 57.7. The van der Waals surface area contributed by atoms with Gasteiger partial charge in [0.25, 0.3) is 0 Å². The number of hydrogen-bond acceptors (Lipinski definition) is 5. The fraction of sp³-hybridized carbons (Fsp3) is 0.938. The van der Waals surface area contributed by atoms with E-state index in [9.17, 15) is 19.8 Å². The largest absolute Gasteiger partial charge is 0.466 e. The van der Waals surface area contributed by atoms with E-state index in [2.05, 4.69) is 31.3 Å². The van der Waals surface area contributed by atoms with Gasteiger partial charge in [-0.25, -0.2) is 0 Å². The molecule has 6 heteroatoms. The molecule has 2 atom stereocenters. The van der Waals surface area contributed by atoms with E-state index in [0.29, 0.717) is 25.9 Å². The van der Waals surface area contributed by atoms with Crippen LogP contribution in [0.3, 0.4) is 0 Å². The number of allylic oxidation sites excluding steroid dienone is 2. The zero-order valence-electron chi connectivity index (χ0n) is 48.2. The van der Waals surface area contributed by atoms with Crippen LogP contribution < -0.4 is 5.32 Å². The molecule has 0 bridgehead atoms. The molecule has 0 aliphatic carbocycles. The SMILES string of the molecule is CCCCCCCC/C=C\CCCCCCCC(=O)OCCCCCCCCCCCCCCCCCCCCCCCCCCC(=O)NC(CO)C(O)CCCCCCCCCCCCCCCCC. The van der Waals surface area contributed by atoms with Gasteiger partial charge in [0, 0.05) is 12.8 Å². The van der Waals surface area contributed by atoms with Crippen LogP contribution in [0.25, 0.3) is 0 Å². The van der Waals surface area contributed by atoms with Gasteiger partial charge in [-0.1, -0.05) is 315 Å². The van der Waals surface area contributed by atoms with Gasteiger partial charge in [0.2, 0.25) is 5.91 Å². The molecule has 1 amide bonds. The fourth-order valence-corrected chi connectivity index (χ4v) is 10.3. The summed E-state index contributed by atoms with van der Waals surface area (Å²) in [5, 5.41) is 23.3. The Kier molecular flexibility index (Phi) is 59.9. The number of aliphatic hydroxyl groups excluding tert-OH is 2.